The Hall–Kier alpha value is -2.86. The number of aromatic nitrogens is 2. The molecule has 2 heterocycles. The van der Waals surface area contributed by atoms with E-state index in [2.05, 4.69) is 10.1 Å². The quantitative estimate of drug-likeness (QED) is 0.618. The summed E-state index contributed by atoms with van der Waals surface area (Å²) in [5.74, 6) is 2.16. The first-order valence-corrected chi connectivity index (χ1v) is 10.0. The zero-order valence-corrected chi connectivity index (χ0v) is 16.9. The fourth-order valence-electron chi connectivity index (χ4n) is 3.65. The molecule has 29 heavy (non-hydrogen) atoms. The lowest BCUT2D eigenvalue weighted by molar-refractivity contribution is 0.0684. The van der Waals surface area contributed by atoms with Crippen molar-refractivity contribution in [2.75, 3.05) is 20.2 Å². The van der Waals surface area contributed by atoms with Gasteiger partial charge < -0.3 is 14.2 Å². The number of benzene rings is 2. The molecule has 1 saturated heterocycles. The lowest BCUT2D eigenvalue weighted by atomic mass is 9.93. The van der Waals surface area contributed by atoms with E-state index in [9.17, 15) is 4.79 Å². The lowest BCUT2D eigenvalue weighted by Gasteiger charge is -2.31. The summed E-state index contributed by atoms with van der Waals surface area (Å²) in [6, 6.07) is 14.9. The largest absolute Gasteiger partial charge is 0.496 e. The second kappa shape index (κ2) is 8.66. The molecule has 0 aliphatic carbocycles. The van der Waals surface area contributed by atoms with E-state index < -0.39 is 0 Å². The summed E-state index contributed by atoms with van der Waals surface area (Å²) in [5.41, 5.74) is 1.45. The number of likely N-dealkylation sites (tertiary alicyclic amines) is 1. The van der Waals surface area contributed by atoms with Crippen LogP contribution in [-0.2, 0) is 6.42 Å². The van der Waals surface area contributed by atoms with Gasteiger partial charge in [0.1, 0.15) is 5.75 Å². The van der Waals surface area contributed by atoms with Crippen molar-refractivity contribution in [3.05, 3.63) is 65.0 Å². The van der Waals surface area contributed by atoms with E-state index in [-0.39, 0.29) is 5.91 Å². The first-order chi connectivity index (χ1) is 14.1. The molecule has 1 aromatic heterocycles. The van der Waals surface area contributed by atoms with E-state index in [1.165, 1.54) is 0 Å². The first-order valence-electron chi connectivity index (χ1n) is 9.65. The molecule has 0 bridgehead atoms. The third-order valence-electron chi connectivity index (χ3n) is 5.26. The second-order valence-corrected chi connectivity index (χ2v) is 7.60. The van der Waals surface area contributed by atoms with Crippen LogP contribution < -0.4 is 4.74 Å². The summed E-state index contributed by atoms with van der Waals surface area (Å²) < 4.78 is 10.8. The summed E-state index contributed by atoms with van der Waals surface area (Å²) in [7, 11) is 1.56. The van der Waals surface area contributed by atoms with Crippen LogP contribution in [0.2, 0.25) is 5.02 Å². The van der Waals surface area contributed by atoms with Crippen LogP contribution in [0.5, 0.6) is 5.75 Å². The number of carbonyl (C=O) groups is 1. The van der Waals surface area contributed by atoms with Crippen LogP contribution in [0.15, 0.2) is 53.1 Å². The number of amides is 1. The molecule has 0 unspecified atom stereocenters. The highest BCUT2D eigenvalue weighted by atomic mass is 35.5. The van der Waals surface area contributed by atoms with Gasteiger partial charge in [-0.2, -0.15) is 4.98 Å². The molecule has 1 aliphatic rings. The summed E-state index contributed by atoms with van der Waals surface area (Å²) in [6.45, 7) is 1.36. The number of hydrogen-bond acceptors (Lipinski definition) is 5. The third kappa shape index (κ3) is 4.43. The van der Waals surface area contributed by atoms with Gasteiger partial charge in [0.25, 0.3) is 5.91 Å². The Labute approximate surface area is 174 Å². The van der Waals surface area contributed by atoms with Gasteiger partial charge in [-0.15, -0.1) is 0 Å². The standard InChI is InChI=1S/C22H22ClN3O3/c1-28-19-8-7-17(23)14-18(19)22(27)26-11-9-15(10-12-26)13-20-24-21(25-29-20)16-5-3-2-4-6-16/h2-8,14-15H,9-13H2,1H3. The van der Waals surface area contributed by atoms with Gasteiger partial charge in [0.15, 0.2) is 0 Å². The van der Waals surface area contributed by atoms with Crippen molar-refractivity contribution in [1.29, 1.82) is 0 Å². The van der Waals surface area contributed by atoms with Crippen molar-refractivity contribution in [3.8, 4) is 17.1 Å². The van der Waals surface area contributed by atoms with Crippen LogP contribution in [0, 0.1) is 5.92 Å². The van der Waals surface area contributed by atoms with Gasteiger partial charge in [-0.25, -0.2) is 0 Å². The number of carbonyl (C=O) groups excluding carboxylic acids is 1. The van der Waals surface area contributed by atoms with E-state index >= 15 is 0 Å². The zero-order chi connectivity index (χ0) is 20.2. The molecule has 3 aromatic rings. The van der Waals surface area contributed by atoms with Gasteiger partial charge in [-0.1, -0.05) is 47.1 Å². The van der Waals surface area contributed by atoms with Gasteiger partial charge in [0.2, 0.25) is 11.7 Å². The molecule has 0 saturated carbocycles. The Morgan fingerprint density at radius 3 is 2.69 bits per heavy atom. The highest BCUT2D eigenvalue weighted by molar-refractivity contribution is 6.31. The number of nitrogens with zero attached hydrogens (tertiary/aromatic N) is 3. The zero-order valence-electron chi connectivity index (χ0n) is 16.2. The molecule has 1 aliphatic heterocycles. The van der Waals surface area contributed by atoms with Crippen LogP contribution in [0.25, 0.3) is 11.4 Å². The van der Waals surface area contributed by atoms with E-state index in [0.717, 1.165) is 24.8 Å². The summed E-state index contributed by atoms with van der Waals surface area (Å²) in [5, 5.41) is 4.61. The molecule has 0 radical (unpaired) electrons. The van der Waals surface area contributed by atoms with Crippen LogP contribution in [0.4, 0.5) is 0 Å². The average Bonchev–Trinajstić information content (AvgIpc) is 3.23. The molecule has 1 fully saturated rings. The molecule has 150 valence electrons. The number of ether oxygens (including phenoxy) is 1. The maximum atomic E-state index is 12.9. The molecular formula is C22H22ClN3O3. The molecule has 7 heteroatoms. The Kier molecular flexibility index (Phi) is 5.81. The van der Waals surface area contributed by atoms with Crippen molar-refractivity contribution in [1.82, 2.24) is 15.0 Å². The second-order valence-electron chi connectivity index (χ2n) is 7.16. The van der Waals surface area contributed by atoms with Crippen molar-refractivity contribution in [3.63, 3.8) is 0 Å². The smallest absolute Gasteiger partial charge is 0.257 e. The van der Waals surface area contributed by atoms with Gasteiger partial charge in [-0.05, 0) is 37.0 Å². The average molecular weight is 412 g/mol. The van der Waals surface area contributed by atoms with Crippen molar-refractivity contribution in [2.45, 2.75) is 19.3 Å². The molecule has 1 amide bonds. The predicted molar refractivity (Wildman–Crippen MR) is 110 cm³/mol. The highest BCUT2D eigenvalue weighted by Gasteiger charge is 2.27. The molecule has 0 spiro atoms. The van der Waals surface area contributed by atoms with E-state index in [1.54, 1.807) is 25.3 Å². The van der Waals surface area contributed by atoms with Crippen molar-refractivity contribution < 1.29 is 14.1 Å². The SMILES string of the molecule is COc1ccc(Cl)cc1C(=O)N1CCC(Cc2nc(-c3ccccc3)no2)CC1. The topological polar surface area (TPSA) is 68.5 Å². The lowest BCUT2D eigenvalue weighted by Crippen LogP contribution is -2.39. The molecule has 0 N–H and O–H groups in total. The van der Waals surface area contributed by atoms with E-state index in [4.69, 9.17) is 20.9 Å². The van der Waals surface area contributed by atoms with Gasteiger partial charge in [0.05, 0.1) is 12.7 Å². The molecular weight excluding hydrogens is 390 g/mol. The Balaban J connectivity index is 1.36. The highest BCUT2D eigenvalue weighted by Crippen LogP contribution is 2.27. The number of methoxy groups -OCH3 is 1. The van der Waals surface area contributed by atoms with Gasteiger partial charge in [0, 0.05) is 30.1 Å². The van der Waals surface area contributed by atoms with Gasteiger partial charge in [-0.3, -0.25) is 4.79 Å². The summed E-state index contributed by atoms with van der Waals surface area (Å²) in [6.07, 6.45) is 2.50. The van der Waals surface area contributed by atoms with Crippen LogP contribution in [0.1, 0.15) is 29.1 Å². The molecule has 0 atom stereocenters. The summed E-state index contributed by atoms with van der Waals surface area (Å²) >= 11 is 6.07. The Morgan fingerprint density at radius 2 is 1.97 bits per heavy atom. The number of rotatable bonds is 5. The van der Waals surface area contributed by atoms with Gasteiger partial charge >= 0.3 is 0 Å². The van der Waals surface area contributed by atoms with Crippen LogP contribution in [0.3, 0.4) is 0 Å². The molecule has 4 rings (SSSR count). The molecule has 2 aromatic carbocycles. The Bertz CT molecular complexity index is 982. The van der Waals surface area contributed by atoms with Crippen molar-refractivity contribution >= 4 is 17.5 Å². The normalized spacial score (nSPS) is 14.8. The molecule has 6 nitrogen and oxygen atoms in total. The monoisotopic (exact) mass is 411 g/mol. The predicted octanol–water partition coefficient (Wildman–Crippen LogP) is 4.49. The maximum absolute atomic E-state index is 12.9. The number of hydrogen-bond donors (Lipinski definition) is 0. The fourth-order valence-corrected chi connectivity index (χ4v) is 3.82. The van der Waals surface area contributed by atoms with Crippen LogP contribution >= 0.6 is 11.6 Å². The number of halogens is 1. The van der Waals surface area contributed by atoms with E-state index in [0.29, 0.717) is 47.1 Å². The Morgan fingerprint density at radius 1 is 1.21 bits per heavy atom. The van der Waals surface area contributed by atoms with Crippen molar-refractivity contribution in [2.24, 2.45) is 5.92 Å². The minimum Gasteiger partial charge on any atom is -0.496 e. The first kappa shape index (κ1) is 19.5. The van der Waals surface area contributed by atoms with Crippen LogP contribution in [-0.4, -0.2) is 41.1 Å². The maximum Gasteiger partial charge on any atom is 0.257 e. The minimum atomic E-state index is -0.0491. The summed E-state index contributed by atoms with van der Waals surface area (Å²) in [4.78, 5) is 19.3. The third-order valence-corrected chi connectivity index (χ3v) is 5.49. The number of piperidine rings is 1. The minimum absolute atomic E-state index is 0.0491. The van der Waals surface area contributed by atoms with E-state index in [1.807, 2.05) is 35.2 Å². The fraction of sp³-hybridized carbons (Fsp3) is 0.318.